The van der Waals surface area contributed by atoms with E-state index in [4.69, 9.17) is 5.73 Å². The van der Waals surface area contributed by atoms with Crippen LogP contribution in [0.1, 0.15) is 17.3 Å². The predicted octanol–water partition coefficient (Wildman–Crippen LogP) is -0.0309. The molecule has 7 nitrogen and oxygen atoms in total. The highest BCUT2D eigenvalue weighted by Gasteiger charge is 2.23. The van der Waals surface area contributed by atoms with E-state index in [9.17, 15) is 18.0 Å². The number of carbonyl (C=O) groups is 2. The smallest absolute Gasteiger partial charge is 0.321 e. The van der Waals surface area contributed by atoms with Crippen LogP contribution in [0.4, 0.5) is 0 Å². The molecule has 0 saturated heterocycles. The maximum atomic E-state index is 12.2. The van der Waals surface area contributed by atoms with Crippen LogP contribution in [0.5, 0.6) is 0 Å². The molecule has 0 radical (unpaired) electrons. The Kier molecular flexibility index (Phi) is 5.23. The van der Waals surface area contributed by atoms with Crippen molar-refractivity contribution >= 4 is 21.9 Å². The average molecular weight is 300 g/mol. The van der Waals surface area contributed by atoms with Gasteiger partial charge in [-0.1, -0.05) is 0 Å². The summed E-state index contributed by atoms with van der Waals surface area (Å²) in [4.78, 5) is 22.2. The van der Waals surface area contributed by atoms with Gasteiger partial charge in [-0.15, -0.1) is 0 Å². The number of likely N-dealkylation sites (N-methyl/N-ethyl adjacent to an activating group) is 1. The summed E-state index contributed by atoms with van der Waals surface area (Å²) in [5.74, 6) is -1.28. The monoisotopic (exact) mass is 300 g/mol. The van der Waals surface area contributed by atoms with Gasteiger partial charge in [0.15, 0.2) is 0 Å². The Morgan fingerprint density at radius 2 is 1.80 bits per heavy atom. The molecular formula is C12H16N2O5S. The second-order valence-electron chi connectivity index (χ2n) is 3.95. The molecule has 0 bridgehead atoms. The zero-order valence-corrected chi connectivity index (χ0v) is 12.0. The van der Waals surface area contributed by atoms with Crippen molar-refractivity contribution in [2.75, 3.05) is 20.2 Å². The Labute approximate surface area is 117 Å². The van der Waals surface area contributed by atoms with E-state index in [0.29, 0.717) is 0 Å². The number of nitrogens with two attached hydrogens (primary N) is 1. The fourth-order valence-corrected chi connectivity index (χ4v) is 2.56. The first-order valence-electron chi connectivity index (χ1n) is 5.81. The minimum absolute atomic E-state index is 0.0331. The van der Waals surface area contributed by atoms with Gasteiger partial charge in [0, 0.05) is 12.6 Å². The van der Waals surface area contributed by atoms with Crippen LogP contribution in [-0.2, 0) is 19.6 Å². The van der Waals surface area contributed by atoms with E-state index >= 15 is 0 Å². The van der Waals surface area contributed by atoms with Gasteiger partial charge in [0.05, 0.1) is 11.5 Å². The first-order valence-corrected chi connectivity index (χ1v) is 7.25. The lowest BCUT2D eigenvalue weighted by molar-refractivity contribution is -0.143. The molecule has 8 heteroatoms. The van der Waals surface area contributed by atoms with Crippen LogP contribution >= 0.6 is 0 Å². The van der Waals surface area contributed by atoms with Gasteiger partial charge in [-0.3, -0.25) is 9.59 Å². The second kappa shape index (κ2) is 6.49. The largest absolute Gasteiger partial charge is 0.465 e. The van der Waals surface area contributed by atoms with Crippen LogP contribution in [0.3, 0.4) is 0 Å². The SMILES string of the molecule is CCOC(=O)CN(C)S(=O)(=O)c1ccc(C(N)=O)cc1. The highest BCUT2D eigenvalue weighted by atomic mass is 32.2. The Morgan fingerprint density at radius 1 is 1.25 bits per heavy atom. The highest BCUT2D eigenvalue weighted by molar-refractivity contribution is 7.89. The number of hydrogen-bond donors (Lipinski definition) is 1. The van der Waals surface area contributed by atoms with E-state index in [-0.39, 0.29) is 23.6 Å². The van der Waals surface area contributed by atoms with E-state index < -0.39 is 21.9 Å². The van der Waals surface area contributed by atoms with Gasteiger partial charge in [-0.25, -0.2) is 8.42 Å². The predicted molar refractivity (Wildman–Crippen MR) is 71.4 cm³/mol. The summed E-state index contributed by atoms with van der Waals surface area (Å²) in [6.45, 7) is 1.43. The molecule has 0 aliphatic heterocycles. The highest BCUT2D eigenvalue weighted by Crippen LogP contribution is 2.15. The summed E-state index contributed by atoms with van der Waals surface area (Å²) in [6.07, 6.45) is 0. The Bertz CT molecular complexity index is 595. The number of benzene rings is 1. The first kappa shape index (κ1) is 16.1. The van der Waals surface area contributed by atoms with Gasteiger partial charge in [0.25, 0.3) is 0 Å². The maximum absolute atomic E-state index is 12.2. The van der Waals surface area contributed by atoms with Gasteiger partial charge in [-0.2, -0.15) is 4.31 Å². The molecular weight excluding hydrogens is 284 g/mol. The van der Waals surface area contributed by atoms with Crippen molar-refractivity contribution in [1.82, 2.24) is 4.31 Å². The minimum Gasteiger partial charge on any atom is -0.465 e. The lowest BCUT2D eigenvalue weighted by Gasteiger charge is -2.16. The standard InChI is InChI=1S/C12H16N2O5S/c1-3-19-11(15)8-14(2)20(17,18)10-6-4-9(5-7-10)12(13)16/h4-7H,3,8H2,1-2H3,(H2,13,16). The van der Waals surface area contributed by atoms with Crippen LogP contribution < -0.4 is 5.73 Å². The molecule has 0 unspecified atom stereocenters. The molecule has 0 aromatic heterocycles. The summed E-state index contributed by atoms with van der Waals surface area (Å²) in [7, 11) is -2.54. The molecule has 0 aliphatic rings. The maximum Gasteiger partial charge on any atom is 0.321 e. The third kappa shape index (κ3) is 3.78. The van der Waals surface area contributed by atoms with Crippen molar-refractivity contribution in [1.29, 1.82) is 0 Å². The molecule has 0 spiro atoms. The van der Waals surface area contributed by atoms with Gasteiger partial charge >= 0.3 is 5.97 Å². The van der Waals surface area contributed by atoms with E-state index in [0.717, 1.165) is 4.31 Å². The molecule has 2 N–H and O–H groups in total. The van der Waals surface area contributed by atoms with E-state index in [2.05, 4.69) is 4.74 Å². The van der Waals surface area contributed by atoms with Crippen molar-refractivity contribution < 1.29 is 22.7 Å². The number of amides is 1. The number of sulfonamides is 1. The number of primary amides is 1. The van der Waals surface area contributed by atoms with Crippen LogP contribution in [0.15, 0.2) is 29.2 Å². The minimum atomic E-state index is -3.81. The Balaban J connectivity index is 2.92. The van der Waals surface area contributed by atoms with E-state index in [1.54, 1.807) is 6.92 Å². The molecule has 0 atom stereocenters. The van der Waals surface area contributed by atoms with Crippen molar-refractivity contribution in [2.24, 2.45) is 5.73 Å². The molecule has 110 valence electrons. The lowest BCUT2D eigenvalue weighted by Crippen LogP contribution is -2.33. The number of ether oxygens (including phenoxy) is 1. The number of rotatable bonds is 6. The molecule has 20 heavy (non-hydrogen) atoms. The van der Waals surface area contributed by atoms with Gasteiger partial charge in [-0.05, 0) is 31.2 Å². The van der Waals surface area contributed by atoms with Crippen molar-refractivity contribution in [3.05, 3.63) is 29.8 Å². The summed E-state index contributed by atoms with van der Waals surface area (Å²) < 4.78 is 29.9. The average Bonchev–Trinajstić information content (AvgIpc) is 2.38. The number of esters is 1. The summed E-state index contributed by atoms with van der Waals surface area (Å²) in [5, 5.41) is 0. The van der Waals surface area contributed by atoms with Gasteiger partial charge in [0.2, 0.25) is 15.9 Å². The zero-order valence-electron chi connectivity index (χ0n) is 11.2. The van der Waals surface area contributed by atoms with Crippen molar-refractivity contribution in [3.8, 4) is 0 Å². The van der Waals surface area contributed by atoms with Crippen molar-refractivity contribution in [3.63, 3.8) is 0 Å². The molecule has 0 heterocycles. The molecule has 0 aliphatic carbocycles. The molecule has 0 fully saturated rings. The topological polar surface area (TPSA) is 107 Å². The molecule has 1 aromatic rings. The fraction of sp³-hybridized carbons (Fsp3) is 0.333. The van der Waals surface area contributed by atoms with Crippen LogP contribution in [0.25, 0.3) is 0 Å². The van der Waals surface area contributed by atoms with Crippen molar-refractivity contribution in [2.45, 2.75) is 11.8 Å². The molecule has 1 amide bonds. The van der Waals surface area contributed by atoms with E-state index in [1.165, 1.54) is 31.3 Å². The second-order valence-corrected chi connectivity index (χ2v) is 6.00. The zero-order chi connectivity index (χ0) is 15.3. The van der Waals surface area contributed by atoms with E-state index in [1.807, 2.05) is 0 Å². The first-order chi connectivity index (χ1) is 9.28. The number of carbonyl (C=O) groups excluding carboxylic acids is 2. The molecule has 1 rings (SSSR count). The Hall–Kier alpha value is -1.93. The molecule has 0 saturated carbocycles. The summed E-state index contributed by atoms with van der Waals surface area (Å²) >= 11 is 0. The van der Waals surface area contributed by atoms with Crippen LogP contribution in [0.2, 0.25) is 0 Å². The summed E-state index contributed by atoms with van der Waals surface area (Å²) in [5.41, 5.74) is 5.28. The quantitative estimate of drug-likeness (QED) is 0.742. The van der Waals surface area contributed by atoms with Crippen LogP contribution in [-0.4, -0.2) is 44.8 Å². The third-order valence-corrected chi connectivity index (χ3v) is 4.32. The number of nitrogens with zero attached hydrogens (tertiary/aromatic N) is 1. The van der Waals surface area contributed by atoms with Gasteiger partial charge in [0.1, 0.15) is 6.54 Å². The fourth-order valence-electron chi connectivity index (χ4n) is 1.44. The molecule has 1 aromatic carbocycles. The normalized spacial score (nSPS) is 11.3. The number of hydrogen-bond acceptors (Lipinski definition) is 5. The van der Waals surface area contributed by atoms with Crippen LogP contribution in [0, 0.1) is 0 Å². The Morgan fingerprint density at radius 3 is 2.25 bits per heavy atom. The summed E-state index contributed by atoms with van der Waals surface area (Å²) in [6, 6.07) is 5.15. The van der Waals surface area contributed by atoms with Gasteiger partial charge < -0.3 is 10.5 Å². The lowest BCUT2D eigenvalue weighted by atomic mass is 10.2. The third-order valence-electron chi connectivity index (χ3n) is 2.50.